The summed E-state index contributed by atoms with van der Waals surface area (Å²) in [6.45, 7) is 5.08. The predicted molar refractivity (Wildman–Crippen MR) is 121 cm³/mol. The number of fused-ring (bicyclic) bond motifs is 1. The highest BCUT2D eigenvalue weighted by Gasteiger charge is 2.24. The summed E-state index contributed by atoms with van der Waals surface area (Å²) in [7, 11) is 1.66. The number of para-hydroxylation sites is 2. The normalized spacial score (nSPS) is 15.3. The SMILES string of the molecule is CCn1c(=O)n(CC(=O)NCC(c2ccc(OC)cc2)N2CCCC2)c2ccccc21. The van der Waals surface area contributed by atoms with Gasteiger partial charge in [0.15, 0.2) is 0 Å². The van der Waals surface area contributed by atoms with Gasteiger partial charge in [0.2, 0.25) is 5.91 Å². The minimum absolute atomic E-state index is 0.0156. The maximum atomic E-state index is 12.8. The zero-order valence-corrected chi connectivity index (χ0v) is 18.2. The minimum Gasteiger partial charge on any atom is -0.497 e. The Morgan fingerprint density at radius 2 is 1.68 bits per heavy atom. The van der Waals surface area contributed by atoms with Crippen molar-refractivity contribution in [2.45, 2.75) is 38.9 Å². The standard InChI is InChI=1S/C24H30N4O3/c1-3-27-20-8-4-5-9-21(20)28(24(27)30)17-23(29)25-16-22(26-14-6-7-15-26)18-10-12-19(31-2)13-11-18/h4-5,8-13,22H,3,6-7,14-17H2,1-2H3,(H,25,29). The smallest absolute Gasteiger partial charge is 0.329 e. The number of likely N-dealkylation sites (tertiary alicyclic amines) is 1. The highest BCUT2D eigenvalue weighted by Crippen LogP contribution is 2.26. The lowest BCUT2D eigenvalue weighted by molar-refractivity contribution is -0.121. The van der Waals surface area contributed by atoms with Crippen molar-refractivity contribution < 1.29 is 9.53 Å². The van der Waals surface area contributed by atoms with Crippen LogP contribution in [0.4, 0.5) is 0 Å². The van der Waals surface area contributed by atoms with E-state index in [2.05, 4.69) is 22.3 Å². The first-order valence-corrected chi connectivity index (χ1v) is 10.9. The largest absolute Gasteiger partial charge is 0.497 e. The molecule has 1 N–H and O–H groups in total. The minimum atomic E-state index is -0.154. The molecule has 0 bridgehead atoms. The number of ether oxygens (including phenoxy) is 1. The van der Waals surface area contributed by atoms with Crippen LogP contribution in [0, 0.1) is 0 Å². The monoisotopic (exact) mass is 422 g/mol. The van der Waals surface area contributed by atoms with Gasteiger partial charge in [-0.15, -0.1) is 0 Å². The third-order valence-corrected chi connectivity index (χ3v) is 6.12. The molecule has 0 radical (unpaired) electrons. The van der Waals surface area contributed by atoms with E-state index in [4.69, 9.17) is 4.74 Å². The summed E-state index contributed by atoms with van der Waals surface area (Å²) in [5, 5.41) is 3.07. The van der Waals surface area contributed by atoms with Crippen LogP contribution in [0.3, 0.4) is 0 Å². The molecule has 3 aromatic rings. The summed E-state index contributed by atoms with van der Waals surface area (Å²) in [5.74, 6) is 0.665. The van der Waals surface area contributed by atoms with Crippen LogP contribution in [0.2, 0.25) is 0 Å². The molecule has 7 nitrogen and oxygen atoms in total. The van der Waals surface area contributed by atoms with Crippen molar-refractivity contribution in [2.75, 3.05) is 26.7 Å². The van der Waals surface area contributed by atoms with Crippen LogP contribution in [-0.2, 0) is 17.9 Å². The molecule has 31 heavy (non-hydrogen) atoms. The van der Waals surface area contributed by atoms with Crippen LogP contribution in [0.15, 0.2) is 53.3 Å². The summed E-state index contributed by atoms with van der Waals surface area (Å²) in [4.78, 5) is 28.1. The number of nitrogens with zero attached hydrogens (tertiary/aromatic N) is 3. The van der Waals surface area contributed by atoms with Gasteiger partial charge >= 0.3 is 5.69 Å². The number of benzene rings is 2. The Balaban J connectivity index is 1.50. The fourth-order valence-electron chi connectivity index (χ4n) is 4.48. The Morgan fingerprint density at radius 3 is 2.29 bits per heavy atom. The molecular formula is C24H30N4O3. The lowest BCUT2D eigenvalue weighted by Crippen LogP contribution is -2.39. The summed E-state index contributed by atoms with van der Waals surface area (Å²) in [5.41, 5.74) is 2.65. The molecule has 4 rings (SSSR count). The Kier molecular flexibility index (Phi) is 6.42. The van der Waals surface area contributed by atoms with Crippen molar-refractivity contribution in [3.63, 3.8) is 0 Å². The van der Waals surface area contributed by atoms with Crippen LogP contribution in [0.5, 0.6) is 5.75 Å². The van der Waals surface area contributed by atoms with E-state index in [1.807, 2.05) is 43.3 Å². The summed E-state index contributed by atoms with van der Waals surface area (Å²) >= 11 is 0. The molecular weight excluding hydrogens is 392 g/mol. The molecule has 0 saturated carbocycles. The van der Waals surface area contributed by atoms with Gasteiger partial charge < -0.3 is 10.1 Å². The van der Waals surface area contributed by atoms with Crippen molar-refractivity contribution >= 4 is 16.9 Å². The van der Waals surface area contributed by atoms with Crippen molar-refractivity contribution in [3.05, 3.63) is 64.6 Å². The van der Waals surface area contributed by atoms with Crippen molar-refractivity contribution in [1.82, 2.24) is 19.4 Å². The van der Waals surface area contributed by atoms with Gasteiger partial charge in [0.05, 0.1) is 24.2 Å². The fraction of sp³-hybridized carbons (Fsp3) is 0.417. The van der Waals surface area contributed by atoms with Crippen molar-refractivity contribution in [2.24, 2.45) is 0 Å². The highest BCUT2D eigenvalue weighted by molar-refractivity contribution is 5.81. The van der Waals surface area contributed by atoms with Gasteiger partial charge in [-0.25, -0.2) is 4.79 Å². The van der Waals surface area contributed by atoms with Gasteiger partial charge in [-0.3, -0.25) is 18.8 Å². The molecule has 1 amide bonds. The summed E-state index contributed by atoms with van der Waals surface area (Å²) < 4.78 is 8.54. The van der Waals surface area contributed by atoms with Gasteiger partial charge in [-0.2, -0.15) is 0 Å². The van der Waals surface area contributed by atoms with Crippen LogP contribution in [0.1, 0.15) is 31.4 Å². The molecule has 1 atom stereocenters. The van der Waals surface area contributed by atoms with Crippen LogP contribution >= 0.6 is 0 Å². The van der Waals surface area contributed by atoms with E-state index < -0.39 is 0 Å². The number of carbonyl (C=O) groups excluding carboxylic acids is 1. The molecule has 2 aromatic carbocycles. The number of aryl methyl sites for hydroxylation is 1. The molecule has 164 valence electrons. The first-order chi connectivity index (χ1) is 15.1. The average Bonchev–Trinajstić information content (AvgIpc) is 3.41. The molecule has 1 aliphatic heterocycles. The number of nitrogens with one attached hydrogen (secondary N) is 1. The van der Waals surface area contributed by atoms with Crippen molar-refractivity contribution in [3.8, 4) is 5.75 Å². The fourth-order valence-corrected chi connectivity index (χ4v) is 4.48. The molecule has 0 spiro atoms. The van der Waals surface area contributed by atoms with E-state index in [1.54, 1.807) is 16.2 Å². The molecule has 1 unspecified atom stereocenters. The number of amides is 1. The first-order valence-electron chi connectivity index (χ1n) is 10.9. The molecule has 2 heterocycles. The highest BCUT2D eigenvalue weighted by atomic mass is 16.5. The number of imidazole rings is 1. The van der Waals surface area contributed by atoms with Gasteiger partial charge in [-0.05, 0) is 62.7 Å². The number of hydrogen-bond acceptors (Lipinski definition) is 4. The molecule has 1 aliphatic rings. The number of carbonyl (C=O) groups is 1. The topological polar surface area (TPSA) is 68.5 Å². The summed E-state index contributed by atoms with van der Waals surface area (Å²) in [6, 6.07) is 15.8. The van der Waals surface area contributed by atoms with Crippen molar-refractivity contribution in [1.29, 1.82) is 0 Å². The van der Waals surface area contributed by atoms with E-state index >= 15 is 0 Å². The van der Waals surface area contributed by atoms with Gasteiger partial charge in [0.1, 0.15) is 12.3 Å². The Hall–Kier alpha value is -3.06. The Labute approximate surface area is 182 Å². The zero-order valence-electron chi connectivity index (χ0n) is 18.2. The third kappa shape index (κ3) is 4.37. The molecule has 7 heteroatoms. The van der Waals surface area contributed by atoms with Gasteiger partial charge in [0.25, 0.3) is 0 Å². The number of aromatic nitrogens is 2. The second-order valence-corrected chi connectivity index (χ2v) is 7.94. The maximum absolute atomic E-state index is 12.8. The van der Waals surface area contributed by atoms with Crippen LogP contribution in [0.25, 0.3) is 11.0 Å². The molecule has 0 aliphatic carbocycles. The molecule has 1 saturated heterocycles. The lowest BCUT2D eigenvalue weighted by Gasteiger charge is -2.28. The lowest BCUT2D eigenvalue weighted by atomic mass is 10.1. The Morgan fingerprint density at radius 1 is 1.03 bits per heavy atom. The second-order valence-electron chi connectivity index (χ2n) is 7.94. The Bertz CT molecular complexity index is 1090. The number of rotatable bonds is 8. The molecule has 1 aromatic heterocycles. The quantitative estimate of drug-likeness (QED) is 0.606. The van der Waals surface area contributed by atoms with E-state index in [1.165, 1.54) is 12.8 Å². The zero-order chi connectivity index (χ0) is 21.8. The molecule has 1 fully saturated rings. The first kappa shape index (κ1) is 21.2. The summed E-state index contributed by atoms with van der Waals surface area (Å²) in [6.07, 6.45) is 2.35. The number of methoxy groups -OCH3 is 1. The predicted octanol–water partition coefficient (Wildman–Crippen LogP) is 2.78. The van der Waals surface area contributed by atoms with E-state index in [0.717, 1.165) is 35.4 Å². The maximum Gasteiger partial charge on any atom is 0.329 e. The van der Waals surface area contributed by atoms with Crippen LogP contribution < -0.4 is 15.7 Å². The van der Waals surface area contributed by atoms with Gasteiger partial charge in [0, 0.05) is 13.1 Å². The van der Waals surface area contributed by atoms with Crippen LogP contribution in [-0.4, -0.2) is 46.7 Å². The van der Waals surface area contributed by atoms with Gasteiger partial charge in [-0.1, -0.05) is 24.3 Å². The van der Waals surface area contributed by atoms with E-state index in [-0.39, 0.29) is 24.2 Å². The van der Waals surface area contributed by atoms with E-state index in [0.29, 0.717) is 13.1 Å². The number of hydrogen-bond donors (Lipinski definition) is 1. The third-order valence-electron chi connectivity index (χ3n) is 6.12. The average molecular weight is 423 g/mol. The van der Waals surface area contributed by atoms with E-state index in [9.17, 15) is 9.59 Å². The second kappa shape index (κ2) is 9.39.